The smallest absolute Gasteiger partial charge is 0.126 e. The molecule has 0 aliphatic carbocycles. The summed E-state index contributed by atoms with van der Waals surface area (Å²) in [5, 5.41) is 0. The van der Waals surface area contributed by atoms with E-state index in [0.29, 0.717) is 11.5 Å². The number of aryl methyl sites for hydroxylation is 2. The molecule has 0 aromatic heterocycles. The van der Waals surface area contributed by atoms with Crippen LogP contribution in [0.15, 0.2) is 36.4 Å². The Kier molecular flexibility index (Phi) is 5.97. The van der Waals surface area contributed by atoms with E-state index >= 15 is 0 Å². The van der Waals surface area contributed by atoms with Crippen LogP contribution in [0.25, 0.3) is 0 Å². The molecule has 2 aromatic carbocycles. The molecule has 0 aliphatic heterocycles. The van der Waals surface area contributed by atoms with Crippen molar-refractivity contribution in [3.63, 3.8) is 0 Å². The van der Waals surface area contributed by atoms with Crippen molar-refractivity contribution in [2.24, 2.45) is 0 Å². The van der Waals surface area contributed by atoms with Gasteiger partial charge in [-0.3, -0.25) is 0 Å². The highest BCUT2D eigenvalue weighted by atomic mass is 19.1. The number of hydrogen-bond acceptors (Lipinski definition) is 2. The predicted octanol–water partition coefficient (Wildman–Crippen LogP) is 4.29. The SMILES string of the molecule is COc1cc(F)ccc1C.COc1cc(F)ccc1C. The van der Waals surface area contributed by atoms with E-state index in [4.69, 9.17) is 9.47 Å². The van der Waals surface area contributed by atoms with Crippen molar-refractivity contribution in [1.82, 2.24) is 0 Å². The minimum Gasteiger partial charge on any atom is -0.496 e. The summed E-state index contributed by atoms with van der Waals surface area (Å²) in [5.74, 6) is 0.671. The third-order valence-electron chi connectivity index (χ3n) is 2.74. The van der Waals surface area contributed by atoms with E-state index in [1.165, 1.54) is 38.5 Å². The zero-order chi connectivity index (χ0) is 15.1. The van der Waals surface area contributed by atoms with Crippen LogP contribution in [0.2, 0.25) is 0 Å². The largest absolute Gasteiger partial charge is 0.496 e. The van der Waals surface area contributed by atoms with Crippen LogP contribution >= 0.6 is 0 Å². The van der Waals surface area contributed by atoms with E-state index in [0.717, 1.165) is 11.1 Å². The van der Waals surface area contributed by atoms with E-state index in [1.54, 1.807) is 12.1 Å². The van der Waals surface area contributed by atoms with Gasteiger partial charge in [-0.05, 0) is 37.1 Å². The van der Waals surface area contributed by atoms with E-state index < -0.39 is 0 Å². The van der Waals surface area contributed by atoms with Crippen molar-refractivity contribution in [3.05, 3.63) is 59.2 Å². The van der Waals surface area contributed by atoms with Crippen molar-refractivity contribution in [2.75, 3.05) is 14.2 Å². The normalized spacial score (nSPS) is 9.50. The number of benzene rings is 2. The van der Waals surface area contributed by atoms with Crippen molar-refractivity contribution in [2.45, 2.75) is 13.8 Å². The molecule has 0 radical (unpaired) electrons. The monoisotopic (exact) mass is 280 g/mol. The molecule has 0 N–H and O–H groups in total. The number of methoxy groups -OCH3 is 2. The molecule has 0 bridgehead atoms. The van der Waals surface area contributed by atoms with Crippen molar-refractivity contribution < 1.29 is 18.3 Å². The molecular weight excluding hydrogens is 262 g/mol. The molecule has 0 spiro atoms. The van der Waals surface area contributed by atoms with Crippen LogP contribution in [-0.2, 0) is 0 Å². The molecule has 0 amide bonds. The summed E-state index contributed by atoms with van der Waals surface area (Å²) in [7, 11) is 3.06. The second-order valence-corrected chi connectivity index (χ2v) is 4.23. The van der Waals surface area contributed by atoms with Crippen LogP contribution in [0.5, 0.6) is 11.5 Å². The van der Waals surface area contributed by atoms with Gasteiger partial charge in [0.15, 0.2) is 0 Å². The number of halogens is 2. The van der Waals surface area contributed by atoms with Gasteiger partial charge in [-0.2, -0.15) is 0 Å². The highest BCUT2D eigenvalue weighted by Gasteiger charge is 1.98. The Morgan fingerprint density at radius 1 is 0.700 bits per heavy atom. The highest BCUT2D eigenvalue weighted by Crippen LogP contribution is 2.18. The van der Waals surface area contributed by atoms with Crippen LogP contribution in [-0.4, -0.2) is 14.2 Å². The molecular formula is C16H18F2O2. The summed E-state index contributed by atoms with van der Waals surface area (Å²) in [6.07, 6.45) is 0. The molecule has 0 saturated heterocycles. The molecule has 0 aliphatic rings. The first kappa shape index (κ1) is 16.0. The lowest BCUT2D eigenvalue weighted by Crippen LogP contribution is -1.87. The predicted molar refractivity (Wildman–Crippen MR) is 75.4 cm³/mol. The van der Waals surface area contributed by atoms with Gasteiger partial charge in [0.05, 0.1) is 14.2 Å². The Labute approximate surface area is 118 Å². The Morgan fingerprint density at radius 2 is 1.05 bits per heavy atom. The molecule has 4 heteroatoms. The maximum Gasteiger partial charge on any atom is 0.126 e. The minimum absolute atomic E-state index is 0.262. The fourth-order valence-electron chi connectivity index (χ4n) is 1.59. The summed E-state index contributed by atoms with van der Waals surface area (Å²) < 4.78 is 34.7. The molecule has 0 atom stereocenters. The molecule has 0 unspecified atom stereocenters. The zero-order valence-corrected chi connectivity index (χ0v) is 12.0. The number of rotatable bonds is 2. The Morgan fingerprint density at radius 3 is 1.30 bits per heavy atom. The third kappa shape index (κ3) is 4.53. The van der Waals surface area contributed by atoms with Gasteiger partial charge in [-0.1, -0.05) is 12.1 Å². The quantitative estimate of drug-likeness (QED) is 0.817. The van der Waals surface area contributed by atoms with Crippen LogP contribution < -0.4 is 9.47 Å². The fraction of sp³-hybridized carbons (Fsp3) is 0.250. The lowest BCUT2D eigenvalue weighted by molar-refractivity contribution is 0.408. The number of ether oxygens (including phenoxy) is 2. The van der Waals surface area contributed by atoms with Gasteiger partial charge in [0.25, 0.3) is 0 Å². The van der Waals surface area contributed by atoms with Gasteiger partial charge in [-0.15, -0.1) is 0 Å². The lowest BCUT2D eigenvalue weighted by atomic mass is 10.2. The van der Waals surface area contributed by atoms with Crippen molar-refractivity contribution in [3.8, 4) is 11.5 Å². The van der Waals surface area contributed by atoms with E-state index in [1.807, 2.05) is 13.8 Å². The molecule has 2 aromatic rings. The molecule has 2 nitrogen and oxygen atoms in total. The zero-order valence-electron chi connectivity index (χ0n) is 12.0. The van der Waals surface area contributed by atoms with E-state index in [-0.39, 0.29) is 11.6 Å². The highest BCUT2D eigenvalue weighted by molar-refractivity contribution is 5.33. The van der Waals surface area contributed by atoms with Gasteiger partial charge < -0.3 is 9.47 Å². The first-order chi connectivity index (χ1) is 9.47. The summed E-state index contributed by atoms with van der Waals surface area (Å²) in [6.45, 7) is 3.75. The molecule has 0 heterocycles. The lowest BCUT2D eigenvalue weighted by Gasteiger charge is -2.02. The summed E-state index contributed by atoms with van der Waals surface area (Å²) >= 11 is 0. The Hall–Kier alpha value is -2.10. The average Bonchev–Trinajstić information content (AvgIpc) is 2.44. The van der Waals surface area contributed by atoms with Gasteiger partial charge in [-0.25, -0.2) is 8.78 Å². The van der Waals surface area contributed by atoms with Crippen LogP contribution in [0.1, 0.15) is 11.1 Å². The van der Waals surface area contributed by atoms with E-state index in [2.05, 4.69) is 0 Å². The molecule has 20 heavy (non-hydrogen) atoms. The standard InChI is InChI=1S/2C8H9FO/c2*1-6-3-4-7(9)5-8(6)10-2/h2*3-5H,1-2H3. The number of hydrogen-bond donors (Lipinski definition) is 0. The fourth-order valence-corrected chi connectivity index (χ4v) is 1.59. The first-order valence-corrected chi connectivity index (χ1v) is 6.08. The molecule has 0 fully saturated rings. The average molecular weight is 280 g/mol. The van der Waals surface area contributed by atoms with Crippen LogP contribution in [0.4, 0.5) is 8.78 Å². The van der Waals surface area contributed by atoms with Gasteiger partial charge in [0.2, 0.25) is 0 Å². The molecule has 108 valence electrons. The van der Waals surface area contributed by atoms with Crippen LogP contribution in [0.3, 0.4) is 0 Å². The van der Waals surface area contributed by atoms with Gasteiger partial charge in [0.1, 0.15) is 23.1 Å². The second kappa shape index (κ2) is 7.48. The summed E-state index contributed by atoms with van der Waals surface area (Å²) in [4.78, 5) is 0. The Balaban J connectivity index is 0.000000200. The Bertz CT molecular complexity index is 517. The van der Waals surface area contributed by atoms with Gasteiger partial charge in [0, 0.05) is 12.1 Å². The molecule has 2 rings (SSSR count). The topological polar surface area (TPSA) is 18.5 Å². The van der Waals surface area contributed by atoms with Gasteiger partial charge >= 0.3 is 0 Å². The minimum atomic E-state index is -0.262. The maximum absolute atomic E-state index is 12.5. The van der Waals surface area contributed by atoms with Crippen molar-refractivity contribution in [1.29, 1.82) is 0 Å². The van der Waals surface area contributed by atoms with Crippen LogP contribution in [0, 0.1) is 25.5 Å². The maximum atomic E-state index is 12.5. The van der Waals surface area contributed by atoms with Crippen molar-refractivity contribution >= 4 is 0 Å². The summed E-state index contributed by atoms with van der Waals surface area (Å²) in [6, 6.07) is 8.95. The first-order valence-electron chi connectivity index (χ1n) is 6.08. The molecule has 0 saturated carbocycles. The van der Waals surface area contributed by atoms with E-state index in [9.17, 15) is 8.78 Å². The second-order valence-electron chi connectivity index (χ2n) is 4.23. The third-order valence-corrected chi connectivity index (χ3v) is 2.74. The summed E-state index contributed by atoms with van der Waals surface area (Å²) in [5.41, 5.74) is 1.90.